The lowest BCUT2D eigenvalue weighted by atomic mass is 9.79. The van der Waals surface area contributed by atoms with E-state index in [-0.39, 0.29) is 11.2 Å². The van der Waals surface area contributed by atoms with Crippen molar-refractivity contribution in [2.75, 3.05) is 23.3 Å². The number of benzene rings is 1. The second-order valence-corrected chi connectivity index (χ2v) is 9.51. The first-order valence-electron chi connectivity index (χ1n) is 11.1. The fourth-order valence-corrected chi connectivity index (χ4v) is 5.21. The highest BCUT2D eigenvalue weighted by Gasteiger charge is 2.35. The van der Waals surface area contributed by atoms with Gasteiger partial charge in [0.2, 0.25) is 5.95 Å². The second-order valence-electron chi connectivity index (χ2n) is 8.71. The number of thiocarbonyl (C=S) groups is 1. The van der Waals surface area contributed by atoms with Gasteiger partial charge in [-0.05, 0) is 68.9 Å². The molecule has 5 nitrogen and oxygen atoms in total. The minimum Gasteiger partial charge on any atom is -0.361 e. The fourth-order valence-electron chi connectivity index (χ4n) is 4.87. The number of nitrogens with zero attached hydrogens (tertiary/aromatic N) is 3. The highest BCUT2D eigenvalue weighted by Crippen LogP contribution is 2.40. The Hall–Kier alpha value is -1.99. The Morgan fingerprint density at radius 1 is 1.19 bits per heavy atom. The van der Waals surface area contributed by atoms with E-state index < -0.39 is 0 Å². The maximum atomic E-state index is 13.4. The van der Waals surface area contributed by atoms with Crippen molar-refractivity contribution < 1.29 is 4.39 Å². The summed E-state index contributed by atoms with van der Waals surface area (Å²) < 4.78 is 13.4. The molecule has 2 heterocycles. The van der Waals surface area contributed by atoms with E-state index in [2.05, 4.69) is 32.4 Å². The number of halogens is 2. The minimum absolute atomic E-state index is 0.0387. The van der Waals surface area contributed by atoms with Crippen LogP contribution in [0.5, 0.6) is 0 Å². The van der Waals surface area contributed by atoms with E-state index in [1.165, 1.54) is 18.6 Å². The normalized spacial score (nSPS) is 20.5. The monoisotopic (exact) mass is 461 g/mol. The van der Waals surface area contributed by atoms with E-state index >= 15 is 0 Å². The molecule has 1 saturated heterocycles. The molecule has 4 rings (SSSR count). The van der Waals surface area contributed by atoms with Crippen molar-refractivity contribution in [2.24, 2.45) is 0 Å². The topological polar surface area (TPSA) is 53.1 Å². The molecule has 2 aromatic rings. The molecule has 166 valence electrons. The van der Waals surface area contributed by atoms with Crippen LogP contribution in [0.1, 0.15) is 57.4 Å². The summed E-state index contributed by atoms with van der Waals surface area (Å²) in [6, 6.07) is 9.10. The van der Waals surface area contributed by atoms with Crippen molar-refractivity contribution in [3.63, 3.8) is 0 Å². The van der Waals surface area contributed by atoms with Crippen molar-refractivity contribution >= 4 is 40.7 Å². The third-order valence-corrected chi connectivity index (χ3v) is 7.05. The van der Waals surface area contributed by atoms with Gasteiger partial charge in [0.1, 0.15) is 16.8 Å². The lowest BCUT2D eigenvalue weighted by molar-refractivity contribution is 0.434. The summed E-state index contributed by atoms with van der Waals surface area (Å²) >= 11 is 11.8. The largest absolute Gasteiger partial charge is 0.361 e. The molecule has 1 atom stereocenters. The minimum atomic E-state index is -0.209. The Morgan fingerprint density at radius 2 is 1.94 bits per heavy atom. The fraction of sp³-hybridized carbons (Fsp3) is 0.522. The lowest BCUT2D eigenvalue weighted by Crippen LogP contribution is -2.41. The number of rotatable bonds is 5. The summed E-state index contributed by atoms with van der Waals surface area (Å²) in [5.74, 6) is 1.02. The number of hydrogen-bond acceptors (Lipinski definition) is 4. The molecule has 2 N–H and O–H groups in total. The Balaban J connectivity index is 1.43. The quantitative estimate of drug-likeness (QED) is 0.456. The Morgan fingerprint density at radius 3 is 2.65 bits per heavy atom. The Bertz CT molecular complexity index is 917. The second kappa shape index (κ2) is 9.65. The van der Waals surface area contributed by atoms with Crippen LogP contribution >= 0.6 is 23.8 Å². The zero-order valence-corrected chi connectivity index (χ0v) is 19.4. The number of piperidine rings is 1. The Kier molecular flexibility index (Phi) is 6.92. The smallest absolute Gasteiger partial charge is 0.232 e. The van der Waals surface area contributed by atoms with E-state index in [0.717, 1.165) is 56.5 Å². The first-order chi connectivity index (χ1) is 14.9. The van der Waals surface area contributed by atoms with Gasteiger partial charge in [0, 0.05) is 30.6 Å². The summed E-state index contributed by atoms with van der Waals surface area (Å²) in [7, 11) is 0. The highest BCUT2D eigenvalue weighted by molar-refractivity contribution is 7.80. The van der Waals surface area contributed by atoms with Crippen LogP contribution in [-0.4, -0.2) is 34.2 Å². The van der Waals surface area contributed by atoms with E-state index in [9.17, 15) is 4.39 Å². The van der Waals surface area contributed by atoms with Crippen molar-refractivity contribution in [3.8, 4) is 0 Å². The molecule has 1 aliphatic carbocycles. The summed E-state index contributed by atoms with van der Waals surface area (Å²) in [5, 5.41) is 7.31. The van der Waals surface area contributed by atoms with E-state index in [1.807, 2.05) is 18.2 Å². The van der Waals surface area contributed by atoms with Crippen molar-refractivity contribution in [3.05, 3.63) is 46.9 Å². The third-order valence-electron chi connectivity index (χ3n) is 6.61. The molecule has 0 spiro atoms. The lowest BCUT2D eigenvalue weighted by Gasteiger charge is -2.34. The van der Waals surface area contributed by atoms with Crippen molar-refractivity contribution in [2.45, 2.75) is 63.3 Å². The maximum absolute atomic E-state index is 13.4. The molecule has 1 aliphatic heterocycles. The number of anilines is 2. The van der Waals surface area contributed by atoms with Gasteiger partial charge in [0.15, 0.2) is 5.11 Å². The summed E-state index contributed by atoms with van der Waals surface area (Å²) in [6.07, 6.45) is 7.97. The predicted molar refractivity (Wildman–Crippen MR) is 128 cm³/mol. The van der Waals surface area contributed by atoms with E-state index in [0.29, 0.717) is 28.8 Å². The summed E-state index contributed by atoms with van der Waals surface area (Å²) in [5.41, 5.74) is 1.12. The molecule has 0 amide bonds. The van der Waals surface area contributed by atoms with Crippen LogP contribution in [0.4, 0.5) is 16.2 Å². The van der Waals surface area contributed by atoms with Gasteiger partial charge in [0.05, 0.1) is 0 Å². The summed E-state index contributed by atoms with van der Waals surface area (Å²) in [6.45, 7) is 3.86. The molecular formula is C23H29ClFN5S. The maximum Gasteiger partial charge on any atom is 0.232 e. The van der Waals surface area contributed by atoms with E-state index in [1.54, 1.807) is 0 Å². The molecular weight excluding hydrogens is 433 g/mol. The van der Waals surface area contributed by atoms with Crippen LogP contribution in [0.3, 0.4) is 0 Å². The zero-order chi connectivity index (χ0) is 21.8. The number of nitrogens with one attached hydrogen (secondary N) is 2. The molecule has 0 radical (unpaired) electrons. The first-order valence-corrected chi connectivity index (χ1v) is 11.9. The van der Waals surface area contributed by atoms with Crippen LogP contribution in [0.25, 0.3) is 0 Å². The van der Waals surface area contributed by atoms with Gasteiger partial charge in [-0.15, -0.1) is 0 Å². The molecule has 0 bridgehead atoms. The highest BCUT2D eigenvalue weighted by atomic mass is 35.5. The average Bonchev–Trinajstić information content (AvgIpc) is 3.23. The van der Waals surface area contributed by atoms with Gasteiger partial charge >= 0.3 is 0 Å². The van der Waals surface area contributed by atoms with Gasteiger partial charge < -0.3 is 15.5 Å². The standard InChI is InChI=1S/C23H29ClFN5S/c1-16-6-2-5-13-30(16)20-14-19(24)27-21(28-20)29-22(31)26-15-23(11-3-4-12-23)17-7-9-18(25)10-8-17/h7-10,14,16H,2-6,11-13,15H2,1H3,(H2,26,27,28,29,31)/t16-/m1/s1. The molecule has 2 fully saturated rings. The van der Waals surface area contributed by atoms with Gasteiger partial charge in [0.25, 0.3) is 0 Å². The van der Waals surface area contributed by atoms with Crippen LogP contribution in [-0.2, 0) is 5.41 Å². The molecule has 8 heteroatoms. The van der Waals surface area contributed by atoms with Gasteiger partial charge in [-0.25, -0.2) is 9.37 Å². The third kappa shape index (κ3) is 5.26. The van der Waals surface area contributed by atoms with E-state index in [4.69, 9.17) is 23.8 Å². The molecule has 31 heavy (non-hydrogen) atoms. The van der Waals surface area contributed by atoms with Crippen LogP contribution in [0.15, 0.2) is 30.3 Å². The van der Waals surface area contributed by atoms with Crippen molar-refractivity contribution in [1.82, 2.24) is 15.3 Å². The van der Waals surface area contributed by atoms with Crippen LogP contribution in [0, 0.1) is 5.82 Å². The van der Waals surface area contributed by atoms with Crippen molar-refractivity contribution in [1.29, 1.82) is 0 Å². The Labute approximate surface area is 193 Å². The van der Waals surface area contributed by atoms with Gasteiger partial charge in [-0.2, -0.15) is 4.98 Å². The first kappa shape index (κ1) is 22.2. The zero-order valence-electron chi connectivity index (χ0n) is 17.8. The average molecular weight is 462 g/mol. The van der Waals surface area contributed by atoms with Crippen LogP contribution in [0.2, 0.25) is 5.15 Å². The van der Waals surface area contributed by atoms with Crippen LogP contribution < -0.4 is 15.5 Å². The molecule has 2 aliphatic rings. The number of hydrogen-bond donors (Lipinski definition) is 2. The molecule has 1 saturated carbocycles. The predicted octanol–water partition coefficient (Wildman–Crippen LogP) is 5.45. The molecule has 1 aromatic heterocycles. The van der Waals surface area contributed by atoms with Gasteiger partial charge in [-0.1, -0.05) is 36.6 Å². The molecule has 0 unspecified atom stereocenters. The SMILES string of the molecule is C[C@@H]1CCCCN1c1cc(Cl)nc(NC(=S)NCC2(c3ccc(F)cc3)CCCC2)n1. The summed E-state index contributed by atoms with van der Waals surface area (Å²) in [4.78, 5) is 11.2. The number of aromatic nitrogens is 2. The molecule has 1 aromatic carbocycles. The van der Waals surface area contributed by atoms with Gasteiger partial charge in [-0.3, -0.25) is 0 Å².